The van der Waals surface area contributed by atoms with Crippen LogP contribution >= 0.6 is 0 Å². The number of hydrogen-bond donors (Lipinski definition) is 2. The van der Waals surface area contributed by atoms with Crippen molar-refractivity contribution in [2.45, 2.75) is 32.1 Å². The first-order valence-electron chi connectivity index (χ1n) is 9.97. The molecule has 2 atom stereocenters. The summed E-state index contributed by atoms with van der Waals surface area (Å²) in [5, 5.41) is 0.789. The van der Waals surface area contributed by atoms with Gasteiger partial charge in [-0.2, -0.15) is 0 Å². The Kier molecular flexibility index (Phi) is 4.66. The first-order valence-corrected chi connectivity index (χ1v) is 11.5. The van der Waals surface area contributed by atoms with Crippen molar-refractivity contribution in [3.63, 3.8) is 0 Å². The van der Waals surface area contributed by atoms with Crippen LogP contribution in [-0.4, -0.2) is 19.3 Å². The van der Waals surface area contributed by atoms with Crippen molar-refractivity contribution in [2.24, 2.45) is 16.7 Å². The van der Waals surface area contributed by atoms with Crippen LogP contribution in [-0.2, 0) is 14.8 Å². The van der Waals surface area contributed by atoms with Gasteiger partial charge in [-0.1, -0.05) is 69.3 Å². The normalized spacial score (nSPS) is 21.4. The number of aromatic amines is 1. The van der Waals surface area contributed by atoms with Crippen LogP contribution in [0, 0.1) is 16.7 Å². The zero-order valence-electron chi connectivity index (χ0n) is 17.4. The quantitative estimate of drug-likeness (QED) is 0.575. The fourth-order valence-electron chi connectivity index (χ4n) is 4.51. The van der Waals surface area contributed by atoms with Crippen molar-refractivity contribution in [1.82, 2.24) is 9.71 Å². The number of benzene rings is 2. The third-order valence-corrected chi connectivity index (χ3v) is 7.69. The Morgan fingerprint density at radius 3 is 2.47 bits per heavy atom. The van der Waals surface area contributed by atoms with E-state index in [2.05, 4.69) is 16.3 Å². The first kappa shape index (κ1) is 20.4. The lowest BCUT2D eigenvalue weighted by atomic mass is 9.75. The molecule has 1 saturated carbocycles. The number of carbonyl (C=O) groups excluding carboxylic acids is 1. The molecule has 2 aromatic carbocycles. The van der Waals surface area contributed by atoms with Crippen molar-refractivity contribution >= 4 is 26.8 Å². The van der Waals surface area contributed by atoms with E-state index in [9.17, 15) is 13.2 Å². The van der Waals surface area contributed by atoms with E-state index in [1.54, 1.807) is 18.3 Å². The summed E-state index contributed by atoms with van der Waals surface area (Å²) in [4.78, 5) is 16.3. The summed E-state index contributed by atoms with van der Waals surface area (Å²) in [5.74, 6) is -0.495. The Morgan fingerprint density at radius 2 is 1.87 bits per heavy atom. The number of allylic oxidation sites excluding steroid dienone is 1. The molecule has 2 N–H and O–H groups in total. The molecule has 1 heterocycles. The molecule has 6 heteroatoms. The van der Waals surface area contributed by atoms with Crippen LogP contribution in [0.3, 0.4) is 0 Å². The smallest absolute Gasteiger partial charge is 0.266 e. The molecule has 1 fully saturated rings. The average molecular weight is 423 g/mol. The molecule has 1 aliphatic carbocycles. The Bertz CT molecular complexity index is 1240. The summed E-state index contributed by atoms with van der Waals surface area (Å²) in [5.41, 5.74) is 1.23. The maximum atomic E-state index is 13.2. The molecule has 30 heavy (non-hydrogen) atoms. The van der Waals surface area contributed by atoms with Crippen LogP contribution in [0.1, 0.15) is 27.2 Å². The van der Waals surface area contributed by atoms with Gasteiger partial charge < -0.3 is 4.98 Å². The number of aromatic nitrogens is 1. The number of carbonyl (C=O) groups is 1. The van der Waals surface area contributed by atoms with Gasteiger partial charge in [0, 0.05) is 17.1 Å². The van der Waals surface area contributed by atoms with Gasteiger partial charge in [0.1, 0.15) is 4.90 Å². The average Bonchev–Trinajstić information content (AvgIpc) is 3.33. The Balaban J connectivity index is 1.73. The fraction of sp³-hybridized carbons (Fsp3) is 0.292. The van der Waals surface area contributed by atoms with Crippen LogP contribution in [0.15, 0.2) is 72.3 Å². The number of hydrogen-bond acceptors (Lipinski definition) is 3. The minimum Gasteiger partial charge on any atom is -0.359 e. The topological polar surface area (TPSA) is 79.0 Å². The number of sulfonamides is 1. The van der Waals surface area contributed by atoms with E-state index in [1.807, 2.05) is 57.2 Å². The second-order valence-corrected chi connectivity index (χ2v) is 10.6. The molecule has 0 bridgehead atoms. The zero-order valence-corrected chi connectivity index (χ0v) is 18.2. The molecular weight excluding hydrogens is 396 g/mol. The minimum absolute atomic E-state index is 0.0290. The highest BCUT2D eigenvalue weighted by molar-refractivity contribution is 7.90. The van der Waals surface area contributed by atoms with Crippen molar-refractivity contribution in [3.05, 3.63) is 67.4 Å². The van der Waals surface area contributed by atoms with Gasteiger partial charge in [0.05, 0.1) is 10.9 Å². The molecule has 0 aliphatic heterocycles. The maximum absolute atomic E-state index is 13.2. The van der Waals surface area contributed by atoms with E-state index >= 15 is 0 Å². The molecule has 1 amide bonds. The van der Waals surface area contributed by atoms with E-state index in [4.69, 9.17) is 0 Å². The predicted molar refractivity (Wildman–Crippen MR) is 119 cm³/mol. The zero-order chi connectivity index (χ0) is 21.7. The highest BCUT2D eigenvalue weighted by Gasteiger charge is 2.65. The molecule has 156 valence electrons. The highest BCUT2D eigenvalue weighted by Crippen LogP contribution is 2.64. The van der Waals surface area contributed by atoms with Gasteiger partial charge in [-0.3, -0.25) is 4.79 Å². The van der Waals surface area contributed by atoms with E-state index < -0.39 is 21.3 Å². The standard InChI is InChI=1S/C24H26N2O3S/c1-5-17-14-24(17,23(2,3)4)22(27)26-30(28,29)20-13-9-12-18-19(15-25-21(18)20)16-10-7-6-8-11-16/h5-13,15,17,25H,1,14H2,2-4H3,(H,26,27)/t17-,24-/m1/s1. The van der Waals surface area contributed by atoms with Crippen LogP contribution in [0.5, 0.6) is 0 Å². The van der Waals surface area contributed by atoms with E-state index in [0.29, 0.717) is 11.9 Å². The second kappa shape index (κ2) is 6.84. The number of H-pyrrole nitrogens is 1. The number of nitrogens with one attached hydrogen (secondary N) is 2. The lowest BCUT2D eigenvalue weighted by Gasteiger charge is -2.30. The largest absolute Gasteiger partial charge is 0.359 e. The van der Waals surface area contributed by atoms with E-state index in [-0.39, 0.29) is 16.2 Å². The van der Waals surface area contributed by atoms with Crippen molar-refractivity contribution in [2.75, 3.05) is 0 Å². The first-order chi connectivity index (χ1) is 14.1. The molecule has 5 nitrogen and oxygen atoms in total. The fourth-order valence-corrected chi connectivity index (χ4v) is 5.74. The van der Waals surface area contributed by atoms with Gasteiger partial charge >= 0.3 is 0 Å². The maximum Gasteiger partial charge on any atom is 0.266 e. The molecule has 3 aromatic rings. The van der Waals surface area contributed by atoms with Crippen LogP contribution in [0.2, 0.25) is 0 Å². The summed E-state index contributed by atoms with van der Waals surface area (Å²) < 4.78 is 28.8. The molecular formula is C24H26N2O3S. The summed E-state index contributed by atoms with van der Waals surface area (Å²) in [6.07, 6.45) is 4.15. The number of para-hydroxylation sites is 1. The minimum atomic E-state index is -4.06. The van der Waals surface area contributed by atoms with Gasteiger partial charge in [-0.05, 0) is 29.4 Å². The van der Waals surface area contributed by atoms with Crippen molar-refractivity contribution in [3.8, 4) is 11.1 Å². The van der Waals surface area contributed by atoms with Gasteiger partial charge in [0.2, 0.25) is 5.91 Å². The summed E-state index contributed by atoms with van der Waals surface area (Å²) in [6, 6.07) is 14.8. The SMILES string of the molecule is C=C[C@@H]1C[C@@]1(C(=O)NS(=O)(=O)c1cccc2c(-c3ccccc3)c[nH]c12)C(C)(C)C. The molecule has 4 rings (SSSR count). The third kappa shape index (κ3) is 3.06. The molecule has 1 aliphatic rings. The number of amides is 1. The van der Waals surface area contributed by atoms with Crippen LogP contribution < -0.4 is 4.72 Å². The lowest BCUT2D eigenvalue weighted by Crippen LogP contribution is -2.43. The Hall–Kier alpha value is -2.86. The Morgan fingerprint density at radius 1 is 1.17 bits per heavy atom. The highest BCUT2D eigenvalue weighted by atomic mass is 32.2. The van der Waals surface area contributed by atoms with Gasteiger partial charge in [0.25, 0.3) is 10.0 Å². The van der Waals surface area contributed by atoms with Crippen LogP contribution in [0.25, 0.3) is 22.0 Å². The summed E-state index contributed by atoms with van der Waals surface area (Å²) >= 11 is 0. The summed E-state index contributed by atoms with van der Waals surface area (Å²) in [6.45, 7) is 9.68. The summed E-state index contributed by atoms with van der Waals surface area (Å²) in [7, 11) is -4.06. The number of rotatable bonds is 5. The molecule has 0 spiro atoms. The van der Waals surface area contributed by atoms with Gasteiger partial charge in [0.15, 0.2) is 0 Å². The molecule has 0 saturated heterocycles. The van der Waals surface area contributed by atoms with Gasteiger partial charge in [-0.25, -0.2) is 13.1 Å². The predicted octanol–water partition coefficient (Wildman–Crippen LogP) is 4.88. The lowest BCUT2D eigenvalue weighted by molar-refractivity contribution is -0.128. The second-order valence-electron chi connectivity index (χ2n) is 8.95. The molecule has 0 radical (unpaired) electrons. The Labute approximate surface area is 177 Å². The van der Waals surface area contributed by atoms with E-state index in [0.717, 1.165) is 16.5 Å². The van der Waals surface area contributed by atoms with E-state index in [1.165, 1.54) is 6.07 Å². The van der Waals surface area contributed by atoms with Crippen molar-refractivity contribution < 1.29 is 13.2 Å². The third-order valence-electron chi connectivity index (χ3n) is 6.32. The molecule has 1 aromatic heterocycles. The van der Waals surface area contributed by atoms with Crippen molar-refractivity contribution in [1.29, 1.82) is 0 Å². The van der Waals surface area contributed by atoms with Crippen LogP contribution in [0.4, 0.5) is 0 Å². The monoisotopic (exact) mass is 422 g/mol. The number of fused-ring (bicyclic) bond motifs is 1. The molecule has 0 unspecified atom stereocenters. The van der Waals surface area contributed by atoms with Gasteiger partial charge in [-0.15, -0.1) is 6.58 Å².